The van der Waals surface area contributed by atoms with Crippen LogP contribution in [0.2, 0.25) is 0 Å². The lowest BCUT2D eigenvalue weighted by atomic mass is 9.97. The van der Waals surface area contributed by atoms with Gasteiger partial charge >= 0.3 is 5.97 Å². The summed E-state index contributed by atoms with van der Waals surface area (Å²) in [6, 6.07) is 15.5. The van der Waals surface area contributed by atoms with Crippen molar-refractivity contribution < 1.29 is 19.1 Å². The number of hydrogen-bond donors (Lipinski definition) is 2. The molecule has 8 heteroatoms. The van der Waals surface area contributed by atoms with E-state index in [1.807, 2.05) is 6.07 Å². The first kappa shape index (κ1) is 25.1. The fourth-order valence-corrected chi connectivity index (χ4v) is 4.36. The normalized spacial score (nSPS) is 12.7. The van der Waals surface area contributed by atoms with Crippen LogP contribution in [0.15, 0.2) is 65.1 Å². The topological polar surface area (TPSA) is 108 Å². The van der Waals surface area contributed by atoms with Crippen LogP contribution >= 0.6 is 11.8 Å². The second-order valence-corrected chi connectivity index (χ2v) is 8.83. The van der Waals surface area contributed by atoms with E-state index in [-0.39, 0.29) is 24.2 Å². The highest BCUT2D eigenvalue weighted by Crippen LogP contribution is 2.24. The van der Waals surface area contributed by atoms with Crippen LogP contribution in [0.5, 0.6) is 0 Å². The van der Waals surface area contributed by atoms with Gasteiger partial charge in [-0.2, -0.15) is 5.26 Å². The molecule has 0 saturated carbocycles. The largest absolute Gasteiger partial charge is 0.452 e. The van der Waals surface area contributed by atoms with E-state index < -0.39 is 5.97 Å². The lowest BCUT2D eigenvalue weighted by Gasteiger charge is -2.13. The summed E-state index contributed by atoms with van der Waals surface area (Å²) in [5, 5.41) is 14.5. The molecule has 2 N–H and O–H groups in total. The first-order valence-electron chi connectivity index (χ1n) is 11.2. The summed E-state index contributed by atoms with van der Waals surface area (Å²) in [4.78, 5) is 37.5. The summed E-state index contributed by atoms with van der Waals surface area (Å²) in [6.07, 6.45) is 7.69. The van der Waals surface area contributed by atoms with Gasteiger partial charge in [-0.1, -0.05) is 29.8 Å². The van der Waals surface area contributed by atoms with Gasteiger partial charge in [-0.05, 0) is 62.4 Å². The predicted octanol–water partition coefficient (Wildman–Crippen LogP) is 4.45. The molecule has 0 aromatic heterocycles. The van der Waals surface area contributed by atoms with Crippen LogP contribution in [0.1, 0.15) is 48.0 Å². The third kappa shape index (κ3) is 8.09. The summed E-state index contributed by atoms with van der Waals surface area (Å²) in [7, 11) is 0. The number of benzene rings is 2. The third-order valence-electron chi connectivity index (χ3n) is 5.23. The van der Waals surface area contributed by atoms with Gasteiger partial charge in [0.25, 0.3) is 5.91 Å². The lowest BCUT2D eigenvalue weighted by Crippen LogP contribution is -2.30. The number of rotatable bonds is 10. The molecule has 1 aliphatic carbocycles. The van der Waals surface area contributed by atoms with Gasteiger partial charge in [0.2, 0.25) is 5.91 Å². The molecule has 34 heavy (non-hydrogen) atoms. The minimum atomic E-state index is -0.615. The van der Waals surface area contributed by atoms with Crippen molar-refractivity contribution >= 4 is 35.2 Å². The molecular weight excluding hydrogens is 450 g/mol. The van der Waals surface area contributed by atoms with Crippen LogP contribution in [0.3, 0.4) is 0 Å². The van der Waals surface area contributed by atoms with Crippen LogP contribution in [0, 0.1) is 11.3 Å². The lowest BCUT2D eigenvalue weighted by molar-refractivity contribution is -0.124. The molecule has 0 atom stereocenters. The molecular formula is C26H27N3O4S. The van der Waals surface area contributed by atoms with Gasteiger partial charge in [0.1, 0.15) is 0 Å². The second kappa shape index (κ2) is 13.2. The summed E-state index contributed by atoms with van der Waals surface area (Å²) < 4.78 is 5.19. The number of thioether (sulfide) groups is 1. The number of carbonyl (C=O) groups excluding carboxylic acids is 3. The highest BCUT2D eigenvalue weighted by atomic mass is 32.2. The summed E-state index contributed by atoms with van der Waals surface area (Å²) in [5.74, 6) is -1.16. The number of nitriles is 1. The highest BCUT2D eigenvalue weighted by Gasteiger charge is 2.16. The molecule has 2 amide bonds. The van der Waals surface area contributed by atoms with Crippen molar-refractivity contribution in [2.24, 2.45) is 0 Å². The first-order valence-corrected chi connectivity index (χ1v) is 12.2. The Bertz CT molecular complexity index is 1110. The van der Waals surface area contributed by atoms with E-state index in [0.717, 1.165) is 19.3 Å². The van der Waals surface area contributed by atoms with Crippen LogP contribution < -0.4 is 10.6 Å². The standard InChI is InChI=1S/C26H27N3O4S/c27-16-20-9-6-10-21(15-20)29-25(31)18-34-23-12-5-4-11-22(23)26(32)33-17-24(30)28-14-13-19-7-2-1-3-8-19/h4-7,9-12,15H,1-3,8,13-14,17-18H2,(H,28,30)(H,29,31). The Kier molecular flexibility index (Phi) is 9.74. The monoisotopic (exact) mass is 477 g/mol. The Labute approximate surface area is 203 Å². The summed E-state index contributed by atoms with van der Waals surface area (Å²) in [5.41, 5.74) is 2.65. The Balaban J connectivity index is 1.45. The molecule has 0 aliphatic heterocycles. The zero-order valence-electron chi connectivity index (χ0n) is 18.8. The number of anilines is 1. The van der Waals surface area contributed by atoms with E-state index in [2.05, 4.69) is 16.7 Å². The smallest absolute Gasteiger partial charge is 0.339 e. The molecule has 0 spiro atoms. The van der Waals surface area contributed by atoms with Gasteiger partial charge in [0.05, 0.1) is 22.9 Å². The van der Waals surface area contributed by atoms with Gasteiger partial charge in [-0.15, -0.1) is 11.8 Å². The third-order valence-corrected chi connectivity index (χ3v) is 6.30. The number of nitrogens with one attached hydrogen (secondary N) is 2. The molecule has 0 saturated heterocycles. The number of ether oxygens (including phenoxy) is 1. The Morgan fingerprint density at radius 1 is 1.06 bits per heavy atom. The number of carbonyl (C=O) groups is 3. The van der Waals surface area contributed by atoms with Gasteiger partial charge in [0, 0.05) is 17.1 Å². The molecule has 0 unspecified atom stereocenters. The molecule has 1 aliphatic rings. The SMILES string of the molecule is N#Cc1cccc(NC(=O)CSc2ccccc2C(=O)OCC(=O)NCCC2=CCCCC2)c1. The first-order chi connectivity index (χ1) is 16.5. The van der Waals surface area contributed by atoms with Crippen molar-refractivity contribution in [2.75, 3.05) is 24.2 Å². The van der Waals surface area contributed by atoms with Crippen LogP contribution in [0.4, 0.5) is 5.69 Å². The van der Waals surface area contributed by atoms with Crippen molar-refractivity contribution in [1.82, 2.24) is 5.32 Å². The minimum absolute atomic E-state index is 0.0669. The maximum atomic E-state index is 12.5. The van der Waals surface area contributed by atoms with Crippen molar-refractivity contribution in [1.29, 1.82) is 5.26 Å². The van der Waals surface area contributed by atoms with Crippen LogP contribution in [-0.4, -0.2) is 36.7 Å². The van der Waals surface area contributed by atoms with Crippen LogP contribution in [0.25, 0.3) is 0 Å². The summed E-state index contributed by atoms with van der Waals surface area (Å²) >= 11 is 1.19. The number of hydrogen-bond acceptors (Lipinski definition) is 6. The minimum Gasteiger partial charge on any atom is -0.452 e. The van der Waals surface area contributed by atoms with E-state index in [4.69, 9.17) is 10.00 Å². The van der Waals surface area contributed by atoms with Crippen molar-refractivity contribution in [2.45, 2.75) is 37.0 Å². The molecule has 7 nitrogen and oxygen atoms in total. The van der Waals surface area contributed by atoms with E-state index in [0.29, 0.717) is 28.3 Å². The molecule has 0 bridgehead atoms. The highest BCUT2D eigenvalue weighted by molar-refractivity contribution is 8.00. The van der Waals surface area contributed by atoms with Crippen molar-refractivity contribution in [3.8, 4) is 6.07 Å². The molecule has 3 rings (SSSR count). The molecule has 0 fully saturated rings. The molecule has 2 aromatic carbocycles. The number of amides is 2. The average molecular weight is 478 g/mol. The number of nitrogens with zero attached hydrogens (tertiary/aromatic N) is 1. The van der Waals surface area contributed by atoms with Gasteiger partial charge in [0.15, 0.2) is 6.61 Å². The van der Waals surface area contributed by atoms with Crippen molar-refractivity contribution in [3.63, 3.8) is 0 Å². The average Bonchev–Trinajstić information content (AvgIpc) is 2.87. The van der Waals surface area contributed by atoms with E-state index in [1.165, 1.54) is 30.2 Å². The van der Waals surface area contributed by atoms with E-state index in [1.54, 1.807) is 48.5 Å². The quantitative estimate of drug-likeness (QED) is 0.297. The molecule has 0 heterocycles. The summed E-state index contributed by atoms with van der Waals surface area (Å²) in [6.45, 7) is 0.174. The zero-order valence-corrected chi connectivity index (χ0v) is 19.7. The second-order valence-electron chi connectivity index (χ2n) is 7.81. The Morgan fingerprint density at radius 3 is 2.71 bits per heavy atom. The van der Waals surface area contributed by atoms with Gasteiger partial charge in [-0.25, -0.2) is 4.79 Å². The van der Waals surface area contributed by atoms with Gasteiger partial charge in [-0.3, -0.25) is 9.59 Å². The maximum absolute atomic E-state index is 12.5. The number of esters is 1. The fourth-order valence-electron chi connectivity index (χ4n) is 3.52. The van der Waals surface area contributed by atoms with Crippen molar-refractivity contribution in [3.05, 3.63) is 71.3 Å². The van der Waals surface area contributed by atoms with Crippen LogP contribution in [-0.2, 0) is 14.3 Å². The zero-order chi connectivity index (χ0) is 24.2. The molecule has 2 aromatic rings. The fraction of sp³-hybridized carbons (Fsp3) is 0.308. The van der Waals surface area contributed by atoms with Gasteiger partial charge < -0.3 is 15.4 Å². The molecule has 176 valence electrons. The Hall–Kier alpha value is -3.57. The Morgan fingerprint density at radius 2 is 1.91 bits per heavy atom. The van der Waals surface area contributed by atoms with E-state index in [9.17, 15) is 14.4 Å². The van der Waals surface area contributed by atoms with E-state index >= 15 is 0 Å². The maximum Gasteiger partial charge on any atom is 0.339 e. The molecule has 0 radical (unpaired) electrons. The predicted molar refractivity (Wildman–Crippen MR) is 131 cm³/mol. The number of allylic oxidation sites excluding steroid dienone is 1.